The third-order valence-corrected chi connectivity index (χ3v) is 2.86. The van der Waals surface area contributed by atoms with Crippen molar-refractivity contribution in [2.45, 2.75) is 12.6 Å². The molecule has 0 aromatic heterocycles. The van der Waals surface area contributed by atoms with E-state index in [0.717, 1.165) is 5.56 Å². The van der Waals surface area contributed by atoms with Crippen molar-refractivity contribution in [3.8, 4) is 0 Å². The number of hydrogen-bond acceptors (Lipinski definition) is 0. The molecule has 0 fully saturated rings. The van der Waals surface area contributed by atoms with Crippen molar-refractivity contribution >= 4 is 21.5 Å². The van der Waals surface area contributed by atoms with Gasteiger partial charge in [-0.15, -0.1) is 0 Å². The van der Waals surface area contributed by atoms with E-state index >= 15 is 0 Å². The van der Waals surface area contributed by atoms with E-state index in [0.29, 0.717) is 16.5 Å². The molecule has 1 aliphatic carbocycles. The highest BCUT2D eigenvalue weighted by Crippen LogP contribution is 2.42. The molecule has 4 heteroatoms. The molecule has 0 nitrogen and oxygen atoms in total. The summed E-state index contributed by atoms with van der Waals surface area (Å²) >= 11 is 3.14. The van der Waals surface area contributed by atoms with Crippen molar-refractivity contribution in [3.63, 3.8) is 0 Å². The molecule has 1 aliphatic rings. The van der Waals surface area contributed by atoms with Gasteiger partial charge in [0, 0.05) is 10.0 Å². The van der Waals surface area contributed by atoms with Crippen LogP contribution in [0.15, 0.2) is 28.7 Å². The molecule has 0 radical (unpaired) electrons. The Morgan fingerprint density at radius 2 is 1.93 bits per heavy atom. The molecule has 0 bridgehead atoms. The fraction of sp³-hybridized carbons (Fsp3) is 0.200. The molecule has 2 rings (SSSR count). The zero-order valence-corrected chi connectivity index (χ0v) is 8.61. The van der Waals surface area contributed by atoms with Crippen molar-refractivity contribution in [2.75, 3.05) is 0 Å². The first-order valence-corrected chi connectivity index (χ1v) is 4.84. The minimum Gasteiger partial charge on any atom is -0.166 e. The molecular formula is C10H6BrF3. The van der Waals surface area contributed by atoms with Gasteiger partial charge >= 0.3 is 6.18 Å². The summed E-state index contributed by atoms with van der Waals surface area (Å²) in [7, 11) is 0. The van der Waals surface area contributed by atoms with Crippen LogP contribution in [0.3, 0.4) is 0 Å². The monoisotopic (exact) mass is 262 g/mol. The summed E-state index contributed by atoms with van der Waals surface area (Å²) in [5.41, 5.74) is 0.492. The Morgan fingerprint density at radius 1 is 1.21 bits per heavy atom. The fourth-order valence-corrected chi connectivity index (χ4v) is 2.23. The molecule has 0 spiro atoms. The molecule has 0 atom stereocenters. The quantitative estimate of drug-likeness (QED) is 0.664. The Kier molecular flexibility index (Phi) is 2.18. The van der Waals surface area contributed by atoms with Crippen LogP contribution in [-0.2, 0) is 6.42 Å². The van der Waals surface area contributed by atoms with Crippen molar-refractivity contribution < 1.29 is 13.2 Å². The molecule has 0 saturated heterocycles. The molecule has 0 N–H and O–H groups in total. The van der Waals surface area contributed by atoms with Crippen LogP contribution in [0.2, 0.25) is 0 Å². The van der Waals surface area contributed by atoms with Crippen LogP contribution < -0.4 is 0 Å². The molecule has 0 saturated carbocycles. The van der Waals surface area contributed by atoms with E-state index in [1.165, 1.54) is 6.08 Å². The Balaban J connectivity index is 2.56. The number of halogens is 4. The second-order valence-corrected chi connectivity index (χ2v) is 3.95. The molecule has 0 unspecified atom stereocenters. The lowest BCUT2D eigenvalue weighted by molar-refractivity contribution is -0.0688. The fourth-order valence-electron chi connectivity index (χ4n) is 1.61. The molecule has 0 amide bonds. The van der Waals surface area contributed by atoms with Gasteiger partial charge in [0.15, 0.2) is 0 Å². The summed E-state index contributed by atoms with van der Waals surface area (Å²) in [5, 5.41) is 0. The van der Waals surface area contributed by atoms with Gasteiger partial charge in [-0.05, 0) is 18.1 Å². The van der Waals surface area contributed by atoms with E-state index in [9.17, 15) is 13.2 Å². The first kappa shape index (κ1) is 9.77. The molecule has 1 aromatic rings. The molecule has 1 aromatic carbocycles. The van der Waals surface area contributed by atoms with Gasteiger partial charge in [-0.25, -0.2) is 0 Å². The standard InChI is InChI=1S/C10H6BrF3/c11-8-3-1-2-6-4-5-7(9(6)8)10(12,13)14/h1-3,5H,4H2. The second kappa shape index (κ2) is 3.12. The lowest BCUT2D eigenvalue weighted by Crippen LogP contribution is -2.09. The van der Waals surface area contributed by atoms with Gasteiger partial charge in [-0.3, -0.25) is 0 Å². The highest BCUT2D eigenvalue weighted by molar-refractivity contribution is 9.10. The van der Waals surface area contributed by atoms with Gasteiger partial charge < -0.3 is 0 Å². The number of allylic oxidation sites excluding steroid dienone is 2. The number of fused-ring (bicyclic) bond motifs is 1. The Labute approximate surface area is 87.6 Å². The highest BCUT2D eigenvalue weighted by atomic mass is 79.9. The van der Waals surface area contributed by atoms with E-state index in [1.54, 1.807) is 18.2 Å². The number of alkyl halides is 3. The maximum Gasteiger partial charge on any atom is 0.416 e. The van der Waals surface area contributed by atoms with Crippen molar-refractivity contribution in [3.05, 3.63) is 39.9 Å². The Bertz CT molecular complexity index is 404. The van der Waals surface area contributed by atoms with E-state index < -0.39 is 11.7 Å². The minimum atomic E-state index is -4.25. The summed E-state index contributed by atoms with van der Waals surface area (Å²) in [6.07, 6.45) is -2.66. The van der Waals surface area contributed by atoms with E-state index in [1.807, 2.05) is 0 Å². The maximum atomic E-state index is 12.5. The smallest absolute Gasteiger partial charge is 0.166 e. The van der Waals surface area contributed by atoms with E-state index in [4.69, 9.17) is 0 Å². The number of rotatable bonds is 0. The van der Waals surface area contributed by atoms with Crippen LogP contribution in [0.25, 0.3) is 5.57 Å². The SMILES string of the molecule is FC(F)(F)C1=CCc2cccc(Br)c21. The van der Waals surface area contributed by atoms with Crippen LogP contribution in [0.4, 0.5) is 13.2 Å². The molecule has 74 valence electrons. The number of hydrogen-bond donors (Lipinski definition) is 0. The maximum absolute atomic E-state index is 12.5. The van der Waals surface area contributed by atoms with Crippen LogP contribution in [0.1, 0.15) is 11.1 Å². The van der Waals surface area contributed by atoms with Gasteiger partial charge in [0.25, 0.3) is 0 Å². The van der Waals surface area contributed by atoms with Gasteiger partial charge in [-0.2, -0.15) is 13.2 Å². The predicted octanol–water partition coefficient (Wildman–Crippen LogP) is 3.95. The normalized spacial score (nSPS) is 15.3. The van der Waals surface area contributed by atoms with Crippen molar-refractivity contribution in [2.24, 2.45) is 0 Å². The Hall–Kier alpha value is -0.770. The lowest BCUT2D eigenvalue weighted by Gasteiger charge is -2.11. The molecular weight excluding hydrogens is 257 g/mol. The van der Waals surface area contributed by atoms with Gasteiger partial charge in [-0.1, -0.05) is 34.1 Å². The topological polar surface area (TPSA) is 0 Å². The molecule has 0 aliphatic heterocycles. The summed E-state index contributed by atoms with van der Waals surface area (Å²) < 4.78 is 38.1. The average Bonchev–Trinajstić information content (AvgIpc) is 2.47. The van der Waals surface area contributed by atoms with Crippen molar-refractivity contribution in [1.29, 1.82) is 0 Å². The predicted molar refractivity (Wildman–Crippen MR) is 51.9 cm³/mol. The van der Waals surface area contributed by atoms with Gasteiger partial charge in [0.1, 0.15) is 0 Å². The third kappa shape index (κ3) is 1.47. The highest BCUT2D eigenvalue weighted by Gasteiger charge is 2.38. The van der Waals surface area contributed by atoms with Crippen LogP contribution in [0, 0.1) is 0 Å². The third-order valence-electron chi connectivity index (χ3n) is 2.20. The zero-order chi connectivity index (χ0) is 10.3. The van der Waals surface area contributed by atoms with Gasteiger partial charge in [0.2, 0.25) is 0 Å². The average molecular weight is 263 g/mol. The zero-order valence-electron chi connectivity index (χ0n) is 7.03. The first-order valence-electron chi connectivity index (χ1n) is 4.05. The Morgan fingerprint density at radius 3 is 2.57 bits per heavy atom. The minimum absolute atomic E-state index is 0.292. The number of benzene rings is 1. The summed E-state index contributed by atoms with van der Waals surface area (Å²) in [4.78, 5) is 0. The van der Waals surface area contributed by atoms with E-state index in [2.05, 4.69) is 15.9 Å². The molecule has 14 heavy (non-hydrogen) atoms. The van der Waals surface area contributed by atoms with Crippen LogP contribution in [-0.4, -0.2) is 6.18 Å². The lowest BCUT2D eigenvalue weighted by atomic mass is 10.1. The van der Waals surface area contributed by atoms with Gasteiger partial charge in [0.05, 0.1) is 5.57 Å². The van der Waals surface area contributed by atoms with Crippen molar-refractivity contribution in [1.82, 2.24) is 0 Å². The van der Waals surface area contributed by atoms with Crippen LogP contribution >= 0.6 is 15.9 Å². The molecule has 0 heterocycles. The summed E-state index contributed by atoms with van der Waals surface area (Å²) in [6.45, 7) is 0. The summed E-state index contributed by atoms with van der Waals surface area (Å²) in [6, 6.07) is 5.09. The second-order valence-electron chi connectivity index (χ2n) is 3.09. The summed E-state index contributed by atoms with van der Waals surface area (Å²) in [5.74, 6) is 0. The first-order chi connectivity index (χ1) is 6.50. The largest absolute Gasteiger partial charge is 0.416 e. The van der Waals surface area contributed by atoms with E-state index in [-0.39, 0.29) is 0 Å². The van der Waals surface area contributed by atoms with Crippen LogP contribution in [0.5, 0.6) is 0 Å².